The molecule has 19 heavy (non-hydrogen) atoms. The Kier molecular flexibility index (Phi) is 4.29. The highest BCUT2D eigenvalue weighted by Crippen LogP contribution is 2.24. The molecule has 0 saturated carbocycles. The molecular weight excluding hydrogens is 270 g/mol. The molecule has 0 radical (unpaired) electrons. The highest BCUT2D eigenvalue weighted by Gasteiger charge is 2.34. The molecule has 1 aliphatic rings. The third-order valence-electron chi connectivity index (χ3n) is 3.07. The summed E-state index contributed by atoms with van der Waals surface area (Å²) in [4.78, 5) is 11.7. The molecule has 1 fully saturated rings. The van der Waals surface area contributed by atoms with Gasteiger partial charge in [-0.25, -0.2) is 0 Å². The molecule has 1 aromatic rings. The number of hydrogen-bond donors (Lipinski definition) is 3. The number of carbonyl (C=O) groups is 1. The zero-order valence-electron chi connectivity index (χ0n) is 10.4. The Morgan fingerprint density at radius 2 is 2.32 bits per heavy atom. The number of halogens is 1. The minimum atomic E-state index is -1.04. The van der Waals surface area contributed by atoms with Crippen molar-refractivity contribution in [1.82, 2.24) is 5.32 Å². The predicted molar refractivity (Wildman–Crippen MR) is 70.0 cm³/mol. The number of rotatable bonds is 4. The van der Waals surface area contributed by atoms with E-state index in [1.54, 1.807) is 12.1 Å². The Balaban J connectivity index is 1.84. The van der Waals surface area contributed by atoms with Crippen molar-refractivity contribution in [3.63, 3.8) is 0 Å². The van der Waals surface area contributed by atoms with Crippen molar-refractivity contribution in [1.29, 1.82) is 0 Å². The SMILES string of the molecule is O=C(CC1(O)CCOC1)NCc1ccc(O)c(Cl)c1. The topological polar surface area (TPSA) is 78.8 Å². The van der Waals surface area contributed by atoms with Crippen LogP contribution in [0.2, 0.25) is 5.02 Å². The number of phenolic OH excluding ortho intramolecular Hbond substituents is 1. The van der Waals surface area contributed by atoms with Crippen molar-refractivity contribution < 1.29 is 19.7 Å². The predicted octanol–water partition coefficient (Wildman–Crippen LogP) is 1.20. The van der Waals surface area contributed by atoms with Gasteiger partial charge in [0.2, 0.25) is 5.91 Å². The van der Waals surface area contributed by atoms with Crippen molar-refractivity contribution in [2.45, 2.75) is 25.0 Å². The maximum Gasteiger partial charge on any atom is 0.223 e. The molecule has 0 bridgehead atoms. The number of carbonyl (C=O) groups excluding carboxylic acids is 1. The number of phenols is 1. The van der Waals surface area contributed by atoms with Crippen LogP contribution in [0.3, 0.4) is 0 Å². The second-order valence-electron chi connectivity index (χ2n) is 4.77. The summed E-state index contributed by atoms with van der Waals surface area (Å²) in [5.74, 6) is -0.230. The lowest BCUT2D eigenvalue weighted by Gasteiger charge is -2.19. The molecule has 1 amide bonds. The Bertz CT molecular complexity index is 472. The van der Waals surface area contributed by atoms with Crippen LogP contribution in [0.15, 0.2) is 18.2 Å². The van der Waals surface area contributed by atoms with Gasteiger partial charge in [-0.2, -0.15) is 0 Å². The summed E-state index contributed by atoms with van der Waals surface area (Å²) < 4.78 is 5.08. The van der Waals surface area contributed by atoms with Crippen LogP contribution in [0, 0.1) is 0 Å². The average Bonchev–Trinajstić information content (AvgIpc) is 2.77. The molecular formula is C13H16ClNO4. The molecule has 1 atom stereocenters. The lowest BCUT2D eigenvalue weighted by atomic mass is 9.99. The first-order valence-electron chi connectivity index (χ1n) is 6.03. The Morgan fingerprint density at radius 3 is 2.95 bits per heavy atom. The molecule has 1 saturated heterocycles. The third kappa shape index (κ3) is 3.83. The van der Waals surface area contributed by atoms with Crippen LogP contribution < -0.4 is 5.32 Å². The highest BCUT2D eigenvalue weighted by molar-refractivity contribution is 6.32. The molecule has 2 rings (SSSR count). The zero-order valence-corrected chi connectivity index (χ0v) is 11.1. The second kappa shape index (κ2) is 5.77. The largest absolute Gasteiger partial charge is 0.506 e. The van der Waals surface area contributed by atoms with Crippen LogP contribution in [-0.4, -0.2) is 34.9 Å². The van der Waals surface area contributed by atoms with E-state index in [-0.39, 0.29) is 29.7 Å². The second-order valence-corrected chi connectivity index (χ2v) is 5.17. The van der Waals surface area contributed by atoms with E-state index in [1.165, 1.54) is 6.07 Å². The Labute approximate surface area is 116 Å². The number of nitrogens with one attached hydrogen (secondary N) is 1. The fourth-order valence-corrected chi connectivity index (χ4v) is 2.16. The standard InChI is InChI=1S/C13H16ClNO4/c14-10-5-9(1-2-11(10)16)7-15-12(17)6-13(18)3-4-19-8-13/h1-2,5,16,18H,3-4,6-8H2,(H,15,17). The maximum absolute atomic E-state index is 11.7. The molecule has 0 aromatic heterocycles. The van der Waals surface area contributed by atoms with E-state index in [0.29, 0.717) is 19.6 Å². The fourth-order valence-electron chi connectivity index (χ4n) is 1.96. The summed E-state index contributed by atoms with van der Waals surface area (Å²) in [7, 11) is 0. The van der Waals surface area contributed by atoms with E-state index in [1.807, 2.05) is 0 Å². The minimum Gasteiger partial charge on any atom is -0.506 e. The maximum atomic E-state index is 11.7. The summed E-state index contributed by atoms with van der Waals surface area (Å²) in [5.41, 5.74) is -0.262. The van der Waals surface area contributed by atoms with Crippen LogP contribution in [-0.2, 0) is 16.1 Å². The summed E-state index contributed by atoms with van der Waals surface area (Å²) in [5, 5.41) is 22.2. The molecule has 1 aliphatic heterocycles. The van der Waals surface area contributed by atoms with E-state index in [2.05, 4.69) is 5.32 Å². The van der Waals surface area contributed by atoms with Crippen molar-refractivity contribution in [2.75, 3.05) is 13.2 Å². The molecule has 5 nitrogen and oxygen atoms in total. The first-order valence-corrected chi connectivity index (χ1v) is 6.40. The molecule has 1 aromatic carbocycles. The zero-order chi connectivity index (χ0) is 13.9. The van der Waals surface area contributed by atoms with Crippen LogP contribution >= 0.6 is 11.6 Å². The molecule has 1 heterocycles. The third-order valence-corrected chi connectivity index (χ3v) is 3.38. The fraction of sp³-hybridized carbons (Fsp3) is 0.462. The summed E-state index contributed by atoms with van der Waals surface area (Å²) in [6, 6.07) is 4.74. The van der Waals surface area contributed by atoms with Crippen LogP contribution in [0.1, 0.15) is 18.4 Å². The summed E-state index contributed by atoms with van der Waals surface area (Å²) >= 11 is 5.77. The van der Waals surface area contributed by atoms with Crippen LogP contribution in [0.25, 0.3) is 0 Å². The summed E-state index contributed by atoms with van der Waals surface area (Å²) in [6.07, 6.45) is 0.504. The monoisotopic (exact) mass is 285 g/mol. The average molecular weight is 286 g/mol. The molecule has 6 heteroatoms. The molecule has 0 aliphatic carbocycles. The van der Waals surface area contributed by atoms with Gasteiger partial charge in [0.05, 0.1) is 23.7 Å². The van der Waals surface area contributed by atoms with Gasteiger partial charge in [-0.1, -0.05) is 17.7 Å². The van der Waals surface area contributed by atoms with E-state index in [9.17, 15) is 15.0 Å². The smallest absolute Gasteiger partial charge is 0.223 e. The Morgan fingerprint density at radius 1 is 1.53 bits per heavy atom. The number of aliphatic hydroxyl groups is 1. The van der Waals surface area contributed by atoms with E-state index in [4.69, 9.17) is 16.3 Å². The lowest BCUT2D eigenvalue weighted by molar-refractivity contribution is -0.126. The first kappa shape index (κ1) is 14.1. The molecule has 3 N–H and O–H groups in total. The highest BCUT2D eigenvalue weighted by atomic mass is 35.5. The minimum absolute atomic E-state index is 0.00848. The number of ether oxygens (including phenoxy) is 1. The van der Waals surface area contributed by atoms with Crippen molar-refractivity contribution in [2.24, 2.45) is 0 Å². The van der Waals surface area contributed by atoms with Gasteiger partial charge in [-0.3, -0.25) is 4.79 Å². The summed E-state index contributed by atoms with van der Waals surface area (Å²) in [6.45, 7) is 0.985. The molecule has 104 valence electrons. The van der Waals surface area contributed by atoms with Gasteiger partial charge >= 0.3 is 0 Å². The quantitative estimate of drug-likeness (QED) is 0.777. The van der Waals surface area contributed by atoms with E-state index >= 15 is 0 Å². The number of hydrogen-bond acceptors (Lipinski definition) is 4. The normalized spacial score (nSPS) is 22.4. The van der Waals surface area contributed by atoms with Crippen molar-refractivity contribution >= 4 is 17.5 Å². The van der Waals surface area contributed by atoms with Gasteiger partial charge in [-0.05, 0) is 17.7 Å². The van der Waals surface area contributed by atoms with Gasteiger partial charge < -0.3 is 20.3 Å². The van der Waals surface area contributed by atoms with Gasteiger partial charge in [0, 0.05) is 19.6 Å². The van der Waals surface area contributed by atoms with Crippen molar-refractivity contribution in [3.8, 4) is 5.75 Å². The molecule has 1 unspecified atom stereocenters. The molecule has 0 spiro atoms. The van der Waals surface area contributed by atoms with E-state index in [0.717, 1.165) is 5.56 Å². The van der Waals surface area contributed by atoms with Crippen LogP contribution in [0.5, 0.6) is 5.75 Å². The van der Waals surface area contributed by atoms with Gasteiger partial charge in [0.15, 0.2) is 0 Å². The van der Waals surface area contributed by atoms with Gasteiger partial charge in [0.1, 0.15) is 5.75 Å². The Hall–Kier alpha value is -1.30. The first-order chi connectivity index (χ1) is 8.98. The number of aromatic hydroxyl groups is 1. The van der Waals surface area contributed by atoms with E-state index < -0.39 is 5.60 Å². The van der Waals surface area contributed by atoms with Gasteiger partial charge in [0.25, 0.3) is 0 Å². The number of amides is 1. The van der Waals surface area contributed by atoms with Gasteiger partial charge in [-0.15, -0.1) is 0 Å². The number of benzene rings is 1. The lowest BCUT2D eigenvalue weighted by Crippen LogP contribution is -2.37. The van der Waals surface area contributed by atoms with Crippen LogP contribution in [0.4, 0.5) is 0 Å². The van der Waals surface area contributed by atoms with Crippen molar-refractivity contribution in [3.05, 3.63) is 28.8 Å².